The van der Waals surface area contributed by atoms with Crippen LogP contribution in [0.3, 0.4) is 0 Å². The van der Waals surface area contributed by atoms with Gasteiger partial charge in [0.25, 0.3) is 0 Å². The van der Waals surface area contributed by atoms with Crippen molar-refractivity contribution in [2.45, 2.75) is 44.6 Å². The topological polar surface area (TPSA) is 59.2 Å². The maximum Gasteiger partial charge on any atom is 0.223 e. The second-order valence-corrected chi connectivity index (χ2v) is 5.52. The number of piperidine rings is 1. The van der Waals surface area contributed by atoms with Crippen molar-refractivity contribution in [3.05, 3.63) is 30.1 Å². The zero-order valence-corrected chi connectivity index (χ0v) is 11.6. The van der Waals surface area contributed by atoms with Crippen LogP contribution in [0.25, 0.3) is 0 Å². The van der Waals surface area contributed by atoms with Gasteiger partial charge in [-0.15, -0.1) is 0 Å². The van der Waals surface area contributed by atoms with Crippen molar-refractivity contribution in [1.29, 1.82) is 0 Å². The number of carbonyl (C=O) groups excluding carboxylic acids is 1. The molecular weight excluding hydrogens is 238 g/mol. The summed E-state index contributed by atoms with van der Waals surface area (Å²) >= 11 is 0. The Morgan fingerprint density at radius 2 is 2.32 bits per heavy atom. The molecule has 1 saturated heterocycles. The van der Waals surface area contributed by atoms with E-state index >= 15 is 0 Å². The minimum absolute atomic E-state index is 0.153. The van der Waals surface area contributed by atoms with Crippen molar-refractivity contribution in [2.75, 3.05) is 13.1 Å². The minimum Gasteiger partial charge on any atom is -0.336 e. The first-order valence-electron chi connectivity index (χ1n) is 7.06. The lowest BCUT2D eigenvalue weighted by molar-refractivity contribution is -0.138. The maximum atomic E-state index is 12.4. The quantitative estimate of drug-likeness (QED) is 0.898. The first-order chi connectivity index (χ1) is 9.15. The smallest absolute Gasteiger partial charge is 0.223 e. The van der Waals surface area contributed by atoms with Crippen LogP contribution in [0.2, 0.25) is 0 Å². The molecule has 2 rings (SSSR count). The largest absolute Gasteiger partial charge is 0.336 e. The fourth-order valence-corrected chi connectivity index (χ4v) is 2.73. The molecule has 0 radical (unpaired) electrons. The monoisotopic (exact) mass is 261 g/mol. The van der Waals surface area contributed by atoms with Gasteiger partial charge in [0.2, 0.25) is 5.91 Å². The third-order valence-corrected chi connectivity index (χ3v) is 4.06. The number of aromatic nitrogens is 1. The number of likely N-dealkylation sites (tertiary alicyclic amines) is 1. The summed E-state index contributed by atoms with van der Waals surface area (Å²) in [5.74, 6) is 0.207. The number of amides is 1. The number of hydrogen-bond acceptors (Lipinski definition) is 3. The molecule has 0 aliphatic carbocycles. The Labute approximate surface area is 115 Å². The van der Waals surface area contributed by atoms with E-state index in [1.54, 1.807) is 6.20 Å². The number of hydrogen-bond donors (Lipinski definition) is 1. The Kier molecular flexibility index (Phi) is 4.53. The van der Waals surface area contributed by atoms with Crippen molar-refractivity contribution in [2.24, 2.45) is 5.73 Å². The highest BCUT2D eigenvalue weighted by Gasteiger charge is 2.35. The van der Waals surface area contributed by atoms with Gasteiger partial charge < -0.3 is 10.6 Å². The highest BCUT2D eigenvalue weighted by molar-refractivity contribution is 5.77. The van der Waals surface area contributed by atoms with E-state index in [0.717, 1.165) is 31.5 Å². The SMILES string of the molecule is CC1(CN)CCCCN1C(=O)CCc1ccccn1. The van der Waals surface area contributed by atoms with E-state index in [-0.39, 0.29) is 11.4 Å². The molecule has 1 aromatic rings. The summed E-state index contributed by atoms with van der Waals surface area (Å²) in [6.07, 6.45) is 6.26. The van der Waals surface area contributed by atoms with E-state index in [1.165, 1.54) is 0 Å². The van der Waals surface area contributed by atoms with Crippen LogP contribution in [-0.4, -0.2) is 34.4 Å². The molecule has 1 amide bonds. The van der Waals surface area contributed by atoms with E-state index in [9.17, 15) is 4.79 Å². The van der Waals surface area contributed by atoms with Crippen molar-refractivity contribution in [3.63, 3.8) is 0 Å². The Morgan fingerprint density at radius 1 is 1.47 bits per heavy atom. The molecule has 4 nitrogen and oxygen atoms in total. The van der Waals surface area contributed by atoms with Crippen LogP contribution in [0.5, 0.6) is 0 Å². The lowest BCUT2D eigenvalue weighted by Gasteiger charge is -2.44. The minimum atomic E-state index is -0.153. The molecule has 0 spiro atoms. The molecule has 0 aromatic carbocycles. The van der Waals surface area contributed by atoms with E-state index in [2.05, 4.69) is 11.9 Å². The van der Waals surface area contributed by atoms with Gasteiger partial charge in [-0.05, 0) is 44.7 Å². The Hall–Kier alpha value is -1.42. The average molecular weight is 261 g/mol. The van der Waals surface area contributed by atoms with E-state index in [1.807, 2.05) is 23.1 Å². The molecule has 4 heteroatoms. The summed E-state index contributed by atoms with van der Waals surface area (Å²) in [4.78, 5) is 18.6. The van der Waals surface area contributed by atoms with Crippen molar-refractivity contribution in [1.82, 2.24) is 9.88 Å². The normalized spacial score (nSPS) is 23.4. The third-order valence-electron chi connectivity index (χ3n) is 4.06. The maximum absolute atomic E-state index is 12.4. The van der Waals surface area contributed by atoms with Gasteiger partial charge in [0.15, 0.2) is 0 Å². The Balaban J connectivity index is 1.95. The number of nitrogens with zero attached hydrogens (tertiary/aromatic N) is 2. The number of carbonyl (C=O) groups is 1. The highest BCUT2D eigenvalue weighted by atomic mass is 16.2. The van der Waals surface area contributed by atoms with Crippen LogP contribution in [0.1, 0.15) is 38.3 Å². The first-order valence-corrected chi connectivity index (χ1v) is 7.06. The van der Waals surface area contributed by atoms with Gasteiger partial charge in [0, 0.05) is 31.4 Å². The molecule has 1 unspecified atom stereocenters. The van der Waals surface area contributed by atoms with Gasteiger partial charge in [0.1, 0.15) is 0 Å². The highest BCUT2D eigenvalue weighted by Crippen LogP contribution is 2.27. The number of nitrogens with two attached hydrogens (primary N) is 1. The molecule has 1 aliphatic heterocycles. The number of pyridine rings is 1. The molecule has 104 valence electrons. The molecule has 1 fully saturated rings. The molecule has 0 saturated carbocycles. The van der Waals surface area contributed by atoms with Crippen molar-refractivity contribution >= 4 is 5.91 Å². The van der Waals surface area contributed by atoms with Gasteiger partial charge in [-0.25, -0.2) is 0 Å². The predicted molar refractivity (Wildman–Crippen MR) is 75.6 cm³/mol. The van der Waals surface area contributed by atoms with Crippen molar-refractivity contribution in [3.8, 4) is 0 Å². The molecule has 1 aromatic heterocycles. The third kappa shape index (κ3) is 3.32. The zero-order chi connectivity index (χ0) is 13.7. The van der Waals surface area contributed by atoms with Gasteiger partial charge in [-0.2, -0.15) is 0 Å². The first kappa shape index (κ1) is 14.0. The molecule has 0 bridgehead atoms. The molecule has 2 N–H and O–H groups in total. The van der Waals surface area contributed by atoms with E-state index < -0.39 is 0 Å². The fraction of sp³-hybridized carbons (Fsp3) is 0.600. The molecule has 19 heavy (non-hydrogen) atoms. The van der Waals surface area contributed by atoms with Gasteiger partial charge in [-0.3, -0.25) is 9.78 Å². The summed E-state index contributed by atoms with van der Waals surface area (Å²) < 4.78 is 0. The Morgan fingerprint density at radius 3 is 3.00 bits per heavy atom. The Bertz CT molecular complexity index is 421. The summed E-state index contributed by atoms with van der Waals surface area (Å²) in [5.41, 5.74) is 6.69. The predicted octanol–water partition coefficient (Wildman–Crippen LogP) is 1.74. The van der Waals surface area contributed by atoms with Crippen LogP contribution >= 0.6 is 0 Å². The van der Waals surface area contributed by atoms with E-state index in [0.29, 0.717) is 19.4 Å². The standard InChI is InChI=1S/C15H23N3O/c1-15(12-16)9-3-5-11-18(15)14(19)8-7-13-6-2-4-10-17-13/h2,4,6,10H,3,5,7-9,11-12,16H2,1H3. The van der Waals surface area contributed by atoms with Crippen LogP contribution in [0.4, 0.5) is 0 Å². The van der Waals surface area contributed by atoms with Gasteiger partial charge in [0.05, 0.1) is 5.54 Å². The summed E-state index contributed by atoms with van der Waals surface area (Å²) in [7, 11) is 0. The second kappa shape index (κ2) is 6.15. The van der Waals surface area contributed by atoms with Crippen LogP contribution in [0, 0.1) is 0 Å². The molecule has 1 atom stereocenters. The van der Waals surface area contributed by atoms with Crippen LogP contribution in [-0.2, 0) is 11.2 Å². The van der Waals surface area contributed by atoms with Crippen molar-refractivity contribution < 1.29 is 4.79 Å². The number of rotatable bonds is 4. The molecule has 1 aliphatic rings. The second-order valence-electron chi connectivity index (χ2n) is 5.52. The van der Waals surface area contributed by atoms with Crippen LogP contribution < -0.4 is 5.73 Å². The van der Waals surface area contributed by atoms with E-state index in [4.69, 9.17) is 5.73 Å². The molecule has 2 heterocycles. The van der Waals surface area contributed by atoms with Gasteiger partial charge >= 0.3 is 0 Å². The average Bonchev–Trinajstić information content (AvgIpc) is 2.46. The molecular formula is C15H23N3O. The fourth-order valence-electron chi connectivity index (χ4n) is 2.73. The van der Waals surface area contributed by atoms with Gasteiger partial charge in [-0.1, -0.05) is 6.07 Å². The lowest BCUT2D eigenvalue weighted by atomic mass is 9.88. The lowest BCUT2D eigenvalue weighted by Crippen LogP contribution is -2.56. The van der Waals surface area contributed by atoms with Crippen LogP contribution in [0.15, 0.2) is 24.4 Å². The summed E-state index contributed by atoms with van der Waals surface area (Å²) in [5, 5.41) is 0. The summed E-state index contributed by atoms with van der Waals surface area (Å²) in [6.45, 7) is 3.49. The summed E-state index contributed by atoms with van der Waals surface area (Å²) in [6, 6.07) is 5.81. The zero-order valence-electron chi connectivity index (χ0n) is 11.6. The number of aryl methyl sites for hydroxylation is 1.